The quantitative estimate of drug-likeness (QED) is 0.231. The van der Waals surface area contributed by atoms with Gasteiger partial charge in [-0.25, -0.2) is 0 Å². The van der Waals surface area contributed by atoms with Crippen LogP contribution in [0.5, 0.6) is 0 Å². The minimum absolute atomic E-state index is 0.0236. The summed E-state index contributed by atoms with van der Waals surface area (Å²) in [5.74, 6) is 0.273. The van der Waals surface area contributed by atoms with Gasteiger partial charge in [0.1, 0.15) is 6.04 Å². The zero-order valence-electron chi connectivity index (χ0n) is 18.6. The van der Waals surface area contributed by atoms with Crippen molar-refractivity contribution >= 4 is 52.5 Å². The third-order valence-electron chi connectivity index (χ3n) is 4.98. The molecule has 10 heteroatoms. The van der Waals surface area contributed by atoms with Crippen LogP contribution in [-0.2, 0) is 21.9 Å². The highest BCUT2D eigenvalue weighted by molar-refractivity contribution is 7.99. The van der Waals surface area contributed by atoms with E-state index in [9.17, 15) is 19.7 Å². The lowest BCUT2D eigenvalue weighted by atomic mass is 10.1. The lowest BCUT2D eigenvalue weighted by Crippen LogP contribution is -2.48. The number of thioether (sulfide) groups is 1. The minimum atomic E-state index is -0.663. The number of nitro benzene ring substituents is 1. The van der Waals surface area contributed by atoms with Crippen LogP contribution >= 0.6 is 35.0 Å². The number of benzene rings is 2. The standard InChI is InChI=1S/C23H27Cl2N3O4S/c1-3-4-11-26-23(30)16(2)27(13-18-7-10-20(24)21(25)12-18)22(29)15-33-14-17-5-8-19(9-6-17)28(31)32/h5-10,12,16H,3-4,11,13-15H2,1-2H3,(H,26,30)/t16-/m0/s1. The first-order valence-electron chi connectivity index (χ1n) is 10.5. The van der Waals surface area contributed by atoms with E-state index in [1.165, 1.54) is 28.8 Å². The summed E-state index contributed by atoms with van der Waals surface area (Å²) in [7, 11) is 0. The Morgan fingerprint density at radius 3 is 2.39 bits per heavy atom. The predicted octanol–water partition coefficient (Wildman–Crippen LogP) is 5.47. The number of amides is 2. The van der Waals surface area contributed by atoms with Gasteiger partial charge in [-0.05, 0) is 36.6 Å². The highest BCUT2D eigenvalue weighted by Gasteiger charge is 2.26. The fourth-order valence-corrected chi connectivity index (χ4v) is 4.20. The van der Waals surface area contributed by atoms with E-state index in [4.69, 9.17) is 23.2 Å². The Labute approximate surface area is 208 Å². The molecule has 0 saturated heterocycles. The number of halogens is 2. The maximum atomic E-state index is 13.1. The van der Waals surface area contributed by atoms with Gasteiger partial charge in [0, 0.05) is 31.0 Å². The van der Waals surface area contributed by atoms with Gasteiger partial charge in [0.25, 0.3) is 5.69 Å². The van der Waals surface area contributed by atoms with E-state index < -0.39 is 11.0 Å². The summed E-state index contributed by atoms with van der Waals surface area (Å²) in [5.41, 5.74) is 1.67. The van der Waals surface area contributed by atoms with Crippen LogP contribution in [0.3, 0.4) is 0 Å². The fourth-order valence-electron chi connectivity index (χ4n) is 3.01. The summed E-state index contributed by atoms with van der Waals surface area (Å²) in [6.07, 6.45) is 1.82. The first-order valence-corrected chi connectivity index (χ1v) is 12.5. The molecule has 0 aliphatic rings. The van der Waals surface area contributed by atoms with Crippen LogP contribution < -0.4 is 5.32 Å². The maximum Gasteiger partial charge on any atom is 0.269 e. The molecular formula is C23H27Cl2N3O4S. The van der Waals surface area contributed by atoms with Crippen molar-refractivity contribution in [3.05, 3.63) is 73.8 Å². The van der Waals surface area contributed by atoms with Gasteiger partial charge in [0.2, 0.25) is 11.8 Å². The average molecular weight is 512 g/mol. The van der Waals surface area contributed by atoms with Crippen LogP contribution in [-0.4, -0.2) is 40.0 Å². The molecule has 0 aliphatic heterocycles. The molecule has 0 bridgehead atoms. The Kier molecular flexibility index (Phi) is 11.0. The summed E-state index contributed by atoms with van der Waals surface area (Å²) >= 11 is 13.5. The van der Waals surface area contributed by atoms with E-state index in [1.807, 2.05) is 6.92 Å². The molecule has 0 fully saturated rings. The van der Waals surface area contributed by atoms with Crippen molar-refractivity contribution in [2.45, 2.75) is 45.0 Å². The van der Waals surface area contributed by atoms with Gasteiger partial charge in [0.15, 0.2) is 0 Å². The van der Waals surface area contributed by atoms with Crippen molar-refractivity contribution in [2.75, 3.05) is 12.3 Å². The fraction of sp³-hybridized carbons (Fsp3) is 0.391. The van der Waals surface area contributed by atoms with E-state index in [1.54, 1.807) is 37.3 Å². The highest BCUT2D eigenvalue weighted by atomic mass is 35.5. The number of hydrogen-bond acceptors (Lipinski definition) is 5. The van der Waals surface area contributed by atoms with Gasteiger partial charge in [0.05, 0.1) is 20.7 Å². The third kappa shape index (κ3) is 8.53. The van der Waals surface area contributed by atoms with Crippen molar-refractivity contribution in [1.82, 2.24) is 10.2 Å². The second-order valence-electron chi connectivity index (χ2n) is 7.51. The number of unbranched alkanes of at least 4 members (excludes halogenated alkanes) is 1. The van der Waals surface area contributed by atoms with Gasteiger partial charge < -0.3 is 10.2 Å². The molecule has 0 aromatic heterocycles. The summed E-state index contributed by atoms with van der Waals surface area (Å²) < 4.78 is 0. The van der Waals surface area contributed by atoms with Gasteiger partial charge in [-0.3, -0.25) is 19.7 Å². The number of nitrogens with one attached hydrogen (secondary N) is 1. The second kappa shape index (κ2) is 13.4. The number of nitrogens with zero attached hydrogens (tertiary/aromatic N) is 2. The van der Waals surface area contributed by atoms with Crippen LogP contribution in [0.15, 0.2) is 42.5 Å². The van der Waals surface area contributed by atoms with Crippen LogP contribution in [0.2, 0.25) is 10.0 Å². The molecule has 2 rings (SSSR count). The molecule has 0 heterocycles. The Morgan fingerprint density at radius 1 is 1.12 bits per heavy atom. The average Bonchev–Trinajstić information content (AvgIpc) is 2.79. The molecule has 0 saturated carbocycles. The SMILES string of the molecule is CCCCNC(=O)[C@H](C)N(Cc1ccc(Cl)c(Cl)c1)C(=O)CSCc1ccc([N+](=O)[O-])cc1. The van der Waals surface area contributed by atoms with Crippen molar-refractivity contribution in [2.24, 2.45) is 0 Å². The van der Waals surface area contributed by atoms with E-state index in [0.29, 0.717) is 22.3 Å². The van der Waals surface area contributed by atoms with E-state index in [0.717, 1.165) is 24.0 Å². The first kappa shape index (κ1) is 27.0. The molecule has 0 aliphatic carbocycles. The number of rotatable bonds is 12. The lowest BCUT2D eigenvalue weighted by Gasteiger charge is -2.29. The topological polar surface area (TPSA) is 92.6 Å². The zero-order valence-corrected chi connectivity index (χ0v) is 20.9. The summed E-state index contributed by atoms with van der Waals surface area (Å²) in [5, 5.41) is 14.5. The number of non-ortho nitro benzene ring substituents is 1. The molecule has 178 valence electrons. The Bertz CT molecular complexity index is 973. The lowest BCUT2D eigenvalue weighted by molar-refractivity contribution is -0.384. The van der Waals surface area contributed by atoms with Crippen LogP contribution in [0, 0.1) is 10.1 Å². The number of nitro groups is 1. The third-order valence-corrected chi connectivity index (χ3v) is 6.70. The second-order valence-corrected chi connectivity index (χ2v) is 9.31. The smallest absolute Gasteiger partial charge is 0.269 e. The molecule has 0 unspecified atom stereocenters. The van der Waals surface area contributed by atoms with Crippen molar-refractivity contribution in [3.63, 3.8) is 0 Å². The summed E-state index contributed by atoms with van der Waals surface area (Å²) in [6, 6.07) is 10.7. The van der Waals surface area contributed by atoms with Gasteiger partial charge in [-0.2, -0.15) is 0 Å². The molecule has 2 amide bonds. The Hall–Kier alpha value is -2.29. The molecule has 1 atom stereocenters. The Balaban J connectivity index is 2.06. The van der Waals surface area contributed by atoms with Gasteiger partial charge in [-0.1, -0.05) is 54.7 Å². The van der Waals surface area contributed by atoms with E-state index in [-0.39, 0.29) is 29.8 Å². The van der Waals surface area contributed by atoms with Gasteiger partial charge >= 0.3 is 0 Å². The highest BCUT2D eigenvalue weighted by Crippen LogP contribution is 2.24. The van der Waals surface area contributed by atoms with Crippen LogP contribution in [0.25, 0.3) is 0 Å². The molecular weight excluding hydrogens is 485 g/mol. The molecule has 2 aromatic rings. The number of carbonyl (C=O) groups excluding carboxylic acids is 2. The molecule has 33 heavy (non-hydrogen) atoms. The van der Waals surface area contributed by atoms with E-state index >= 15 is 0 Å². The number of carbonyl (C=O) groups is 2. The first-order chi connectivity index (χ1) is 15.7. The summed E-state index contributed by atoms with van der Waals surface area (Å²) in [4.78, 5) is 37.6. The molecule has 0 radical (unpaired) electrons. The van der Waals surface area contributed by atoms with Crippen molar-refractivity contribution in [3.8, 4) is 0 Å². The molecule has 7 nitrogen and oxygen atoms in total. The summed E-state index contributed by atoms with van der Waals surface area (Å²) in [6.45, 7) is 4.52. The van der Waals surface area contributed by atoms with Crippen molar-refractivity contribution < 1.29 is 14.5 Å². The van der Waals surface area contributed by atoms with Crippen LogP contribution in [0.1, 0.15) is 37.8 Å². The largest absolute Gasteiger partial charge is 0.354 e. The molecule has 2 aromatic carbocycles. The zero-order chi connectivity index (χ0) is 24.4. The normalized spacial score (nSPS) is 11.6. The van der Waals surface area contributed by atoms with Crippen molar-refractivity contribution in [1.29, 1.82) is 0 Å². The molecule has 1 N–H and O–H groups in total. The predicted molar refractivity (Wildman–Crippen MR) is 134 cm³/mol. The monoisotopic (exact) mass is 511 g/mol. The minimum Gasteiger partial charge on any atom is -0.354 e. The maximum absolute atomic E-state index is 13.1. The molecule has 0 spiro atoms. The number of hydrogen-bond donors (Lipinski definition) is 1. The Morgan fingerprint density at radius 2 is 1.79 bits per heavy atom. The van der Waals surface area contributed by atoms with E-state index in [2.05, 4.69) is 5.32 Å². The van der Waals surface area contributed by atoms with Crippen LogP contribution in [0.4, 0.5) is 5.69 Å². The van der Waals surface area contributed by atoms with Gasteiger partial charge in [-0.15, -0.1) is 11.8 Å².